The first kappa shape index (κ1) is 12.4. The second-order valence-electron chi connectivity index (χ2n) is 5.00. The molecule has 1 N–H and O–H groups in total. The topological polar surface area (TPSA) is 23.5 Å². The van der Waals surface area contributed by atoms with Crippen LogP contribution in [0.25, 0.3) is 0 Å². The number of aromatic hydroxyl groups is 1. The molecule has 1 atom stereocenters. The van der Waals surface area contributed by atoms with E-state index in [2.05, 4.69) is 43.0 Å². The summed E-state index contributed by atoms with van der Waals surface area (Å²) in [5, 5.41) is 10.3. The highest BCUT2D eigenvalue weighted by molar-refractivity contribution is 8.00. The van der Waals surface area contributed by atoms with Crippen molar-refractivity contribution in [3.05, 3.63) is 54.1 Å². The fraction of sp³-hybridized carbons (Fsp3) is 0.250. The number of anilines is 1. The maximum Gasteiger partial charge on any atom is 0.121 e. The van der Waals surface area contributed by atoms with Gasteiger partial charge in [0.15, 0.2) is 0 Å². The number of rotatable bonds is 2. The number of nitrogens with zero attached hydrogens (tertiary/aromatic N) is 1. The van der Waals surface area contributed by atoms with Crippen molar-refractivity contribution in [1.82, 2.24) is 0 Å². The minimum Gasteiger partial charge on any atom is -0.508 e. The SMILES string of the molecule is CC(C)N1c2ccccc2SC1c1ccccc1O. The normalized spacial score (nSPS) is 17.8. The zero-order valence-corrected chi connectivity index (χ0v) is 11.9. The Kier molecular flexibility index (Phi) is 3.15. The molecular weight excluding hydrogens is 254 g/mol. The van der Waals surface area contributed by atoms with Gasteiger partial charge in [0, 0.05) is 16.5 Å². The molecule has 0 spiro atoms. The summed E-state index contributed by atoms with van der Waals surface area (Å²) in [6.07, 6.45) is 0. The first-order chi connectivity index (χ1) is 9.18. The molecule has 0 saturated carbocycles. The van der Waals surface area contributed by atoms with E-state index in [0.29, 0.717) is 11.8 Å². The predicted molar refractivity (Wildman–Crippen MR) is 80.8 cm³/mol. The van der Waals surface area contributed by atoms with E-state index < -0.39 is 0 Å². The van der Waals surface area contributed by atoms with E-state index in [-0.39, 0.29) is 5.37 Å². The molecule has 0 saturated heterocycles. The van der Waals surface area contributed by atoms with Crippen LogP contribution in [0.1, 0.15) is 24.8 Å². The molecule has 0 radical (unpaired) electrons. The quantitative estimate of drug-likeness (QED) is 0.875. The van der Waals surface area contributed by atoms with Crippen LogP contribution in [-0.2, 0) is 0 Å². The maximum atomic E-state index is 10.1. The summed E-state index contributed by atoms with van der Waals surface area (Å²) in [4.78, 5) is 3.65. The van der Waals surface area contributed by atoms with E-state index in [1.807, 2.05) is 18.2 Å². The molecule has 3 heteroatoms. The van der Waals surface area contributed by atoms with Crippen molar-refractivity contribution in [3.8, 4) is 5.75 Å². The second kappa shape index (κ2) is 4.82. The lowest BCUT2D eigenvalue weighted by Gasteiger charge is -2.31. The van der Waals surface area contributed by atoms with E-state index in [4.69, 9.17) is 0 Å². The molecule has 0 aromatic heterocycles. The zero-order chi connectivity index (χ0) is 13.4. The highest BCUT2D eigenvalue weighted by Crippen LogP contribution is 2.53. The average Bonchev–Trinajstić information content (AvgIpc) is 2.78. The Morgan fingerprint density at radius 1 is 1.05 bits per heavy atom. The van der Waals surface area contributed by atoms with Crippen LogP contribution in [-0.4, -0.2) is 11.1 Å². The number of phenolic OH excluding ortho intramolecular Hbond substituents is 1. The maximum absolute atomic E-state index is 10.1. The smallest absolute Gasteiger partial charge is 0.121 e. The van der Waals surface area contributed by atoms with Gasteiger partial charge in [0.05, 0.1) is 5.69 Å². The van der Waals surface area contributed by atoms with Crippen LogP contribution in [0.2, 0.25) is 0 Å². The van der Waals surface area contributed by atoms with Crippen molar-refractivity contribution in [2.24, 2.45) is 0 Å². The number of benzene rings is 2. The lowest BCUT2D eigenvalue weighted by molar-refractivity contribution is 0.465. The summed E-state index contributed by atoms with van der Waals surface area (Å²) in [6.45, 7) is 4.38. The van der Waals surface area contributed by atoms with Crippen LogP contribution in [0, 0.1) is 0 Å². The molecule has 0 amide bonds. The predicted octanol–water partition coefficient (Wildman–Crippen LogP) is 4.41. The van der Waals surface area contributed by atoms with Crippen molar-refractivity contribution in [1.29, 1.82) is 0 Å². The zero-order valence-electron chi connectivity index (χ0n) is 11.1. The van der Waals surface area contributed by atoms with Crippen molar-refractivity contribution in [2.75, 3.05) is 4.90 Å². The van der Waals surface area contributed by atoms with Gasteiger partial charge in [0.25, 0.3) is 0 Å². The molecule has 2 aromatic carbocycles. The van der Waals surface area contributed by atoms with Crippen molar-refractivity contribution >= 4 is 17.4 Å². The molecule has 1 unspecified atom stereocenters. The van der Waals surface area contributed by atoms with Gasteiger partial charge in [-0.1, -0.05) is 42.1 Å². The monoisotopic (exact) mass is 271 g/mol. The van der Waals surface area contributed by atoms with Gasteiger partial charge in [-0.2, -0.15) is 0 Å². The molecule has 19 heavy (non-hydrogen) atoms. The standard InChI is InChI=1S/C16H17NOS/c1-11(2)17-13-8-4-6-10-15(13)19-16(17)12-7-3-5-9-14(12)18/h3-11,16,18H,1-2H3. The van der Waals surface area contributed by atoms with Crippen LogP contribution in [0.15, 0.2) is 53.4 Å². The van der Waals surface area contributed by atoms with Gasteiger partial charge < -0.3 is 10.0 Å². The molecule has 0 aliphatic carbocycles. The van der Waals surface area contributed by atoms with Gasteiger partial charge >= 0.3 is 0 Å². The molecule has 0 bridgehead atoms. The number of hydrogen-bond donors (Lipinski definition) is 1. The Labute approximate surface area is 118 Å². The summed E-state index contributed by atoms with van der Waals surface area (Å²) in [7, 11) is 0. The molecule has 98 valence electrons. The number of para-hydroxylation sites is 2. The molecule has 1 aliphatic heterocycles. The van der Waals surface area contributed by atoms with Crippen LogP contribution in [0.4, 0.5) is 5.69 Å². The molecule has 3 rings (SSSR count). The van der Waals surface area contributed by atoms with Crippen LogP contribution in [0.5, 0.6) is 5.75 Å². The number of hydrogen-bond acceptors (Lipinski definition) is 3. The second-order valence-corrected chi connectivity index (χ2v) is 6.12. The molecule has 0 fully saturated rings. The molecule has 1 heterocycles. The highest BCUT2D eigenvalue weighted by atomic mass is 32.2. The van der Waals surface area contributed by atoms with Gasteiger partial charge in [-0.05, 0) is 32.0 Å². The largest absolute Gasteiger partial charge is 0.508 e. The summed E-state index contributed by atoms with van der Waals surface area (Å²) >= 11 is 1.81. The van der Waals surface area contributed by atoms with Gasteiger partial charge in [-0.15, -0.1) is 0 Å². The van der Waals surface area contributed by atoms with Gasteiger partial charge in [0.1, 0.15) is 11.1 Å². The van der Waals surface area contributed by atoms with Crippen LogP contribution >= 0.6 is 11.8 Å². The van der Waals surface area contributed by atoms with Crippen molar-refractivity contribution in [2.45, 2.75) is 30.2 Å². The molecule has 2 nitrogen and oxygen atoms in total. The molecule has 2 aromatic rings. The third-order valence-corrected chi connectivity index (χ3v) is 4.70. The van der Waals surface area contributed by atoms with Gasteiger partial charge in [-0.3, -0.25) is 0 Å². The fourth-order valence-corrected chi connectivity index (χ4v) is 4.02. The Morgan fingerprint density at radius 2 is 1.74 bits per heavy atom. The van der Waals surface area contributed by atoms with Crippen molar-refractivity contribution in [3.63, 3.8) is 0 Å². The Morgan fingerprint density at radius 3 is 2.47 bits per heavy atom. The number of fused-ring (bicyclic) bond motifs is 1. The summed E-state index contributed by atoms with van der Waals surface area (Å²) < 4.78 is 0. The van der Waals surface area contributed by atoms with E-state index in [1.165, 1.54) is 10.6 Å². The van der Waals surface area contributed by atoms with E-state index >= 15 is 0 Å². The first-order valence-corrected chi connectivity index (χ1v) is 7.38. The summed E-state index contributed by atoms with van der Waals surface area (Å²) in [6, 6.07) is 16.5. The summed E-state index contributed by atoms with van der Waals surface area (Å²) in [5.41, 5.74) is 2.24. The van der Waals surface area contributed by atoms with Crippen LogP contribution in [0.3, 0.4) is 0 Å². The van der Waals surface area contributed by atoms with E-state index in [9.17, 15) is 5.11 Å². The van der Waals surface area contributed by atoms with Crippen LogP contribution < -0.4 is 4.90 Å². The molecule has 1 aliphatic rings. The highest BCUT2D eigenvalue weighted by Gasteiger charge is 2.33. The first-order valence-electron chi connectivity index (χ1n) is 6.50. The van der Waals surface area contributed by atoms with E-state index in [1.54, 1.807) is 17.8 Å². The third kappa shape index (κ3) is 2.08. The number of thioether (sulfide) groups is 1. The summed E-state index contributed by atoms with van der Waals surface area (Å²) in [5.74, 6) is 0.374. The minimum atomic E-state index is 0.151. The molecular formula is C16H17NOS. The van der Waals surface area contributed by atoms with Gasteiger partial charge in [-0.25, -0.2) is 0 Å². The lowest BCUT2D eigenvalue weighted by atomic mass is 10.1. The Bertz CT molecular complexity index is 597. The number of phenols is 1. The fourth-order valence-electron chi connectivity index (χ4n) is 2.53. The Balaban J connectivity index is 2.07. The Hall–Kier alpha value is -1.61. The van der Waals surface area contributed by atoms with Crippen molar-refractivity contribution < 1.29 is 5.11 Å². The lowest BCUT2D eigenvalue weighted by Crippen LogP contribution is -2.30. The average molecular weight is 271 g/mol. The van der Waals surface area contributed by atoms with E-state index in [0.717, 1.165) is 5.56 Å². The minimum absolute atomic E-state index is 0.151. The van der Waals surface area contributed by atoms with Gasteiger partial charge in [0.2, 0.25) is 0 Å². The third-order valence-electron chi connectivity index (χ3n) is 3.39.